The van der Waals surface area contributed by atoms with Gasteiger partial charge in [-0.15, -0.1) is 0 Å². The van der Waals surface area contributed by atoms with Crippen LogP contribution in [-0.2, 0) is 4.79 Å². The fraction of sp³-hybridized carbons (Fsp3) is 0.250. The number of aliphatic carboxylic acids is 1. The first-order chi connectivity index (χ1) is 6.52. The Balaban J connectivity index is 2.89. The Bertz CT molecular complexity index is 345. The van der Waals surface area contributed by atoms with E-state index in [0.29, 0.717) is 0 Å². The number of nitrogens with two attached hydrogens (primary N) is 1. The zero-order chi connectivity index (χ0) is 10.7. The lowest BCUT2D eigenvalue weighted by atomic mass is 10.1. The van der Waals surface area contributed by atoms with Crippen molar-refractivity contribution in [3.63, 3.8) is 0 Å². The molecule has 0 aromatic carbocycles. The van der Waals surface area contributed by atoms with E-state index >= 15 is 0 Å². The van der Waals surface area contributed by atoms with Crippen LogP contribution in [0.25, 0.3) is 0 Å². The third kappa shape index (κ3) is 2.41. The lowest BCUT2D eigenvalue weighted by Crippen LogP contribution is -2.33. The second kappa shape index (κ2) is 4.36. The molecule has 4 N–H and O–H groups in total. The third-order valence-corrected chi connectivity index (χ3v) is 1.88. The maximum absolute atomic E-state index is 10.4. The first-order valence-corrected chi connectivity index (χ1v) is 4.19. The van der Waals surface area contributed by atoms with Crippen LogP contribution in [0.3, 0.4) is 0 Å². The van der Waals surface area contributed by atoms with Gasteiger partial charge in [0.1, 0.15) is 5.15 Å². The van der Waals surface area contributed by atoms with E-state index in [2.05, 4.69) is 4.98 Å². The molecule has 0 unspecified atom stereocenters. The number of carbonyl (C=O) groups is 1. The van der Waals surface area contributed by atoms with Crippen molar-refractivity contribution in [2.24, 2.45) is 5.73 Å². The van der Waals surface area contributed by atoms with Crippen LogP contribution in [0.15, 0.2) is 18.2 Å². The Hall–Kier alpha value is -1.17. The molecule has 0 spiro atoms. The Kier molecular flexibility index (Phi) is 3.40. The van der Waals surface area contributed by atoms with E-state index in [-0.39, 0.29) is 10.8 Å². The zero-order valence-corrected chi connectivity index (χ0v) is 7.85. The summed E-state index contributed by atoms with van der Waals surface area (Å²) in [5.74, 6) is -1.39. The molecule has 0 fully saturated rings. The second-order valence-corrected chi connectivity index (χ2v) is 3.08. The monoisotopic (exact) mass is 216 g/mol. The van der Waals surface area contributed by atoms with Crippen molar-refractivity contribution in [1.29, 1.82) is 0 Å². The van der Waals surface area contributed by atoms with Gasteiger partial charge in [-0.05, 0) is 12.1 Å². The number of pyridine rings is 1. The number of carboxylic acids is 1. The highest BCUT2D eigenvalue weighted by atomic mass is 35.5. The minimum Gasteiger partial charge on any atom is -0.479 e. The molecule has 0 radical (unpaired) electrons. The number of aliphatic hydroxyl groups is 1. The fourth-order valence-electron chi connectivity index (χ4n) is 0.925. The van der Waals surface area contributed by atoms with Gasteiger partial charge in [0.2, 0.25) is 0 Å². The quantitative estimate of drug-likeness (QED) is 0.627. The Morgan fingerprint density at radius 3 is 2.71 bits per heavy atom. The van der Waals surface area contributed by atoms with Crippen LogP contribution in [0.2, 0.25) is 5.15 Å². The molecule has 5 nitrogen and oxygen atoms in total. The molecule has 0 aliphatic heterocycles. The molecule has 14 heavy (non-hydrogen) atoms. The number of halogens is 1. The van der Waals surface area contributed by atoms with Crippen LogP contribution >= 0.6 is 11.6 Å². The number of aliphatic hydroxyl groups excluding tert-OH is 1. The highest BCUT2D eigenvalue weighted by molar-refractivity contribution is 6.29. The van der Waals surface area contributed by atoms with Gasteiger partial charge in [-0.1, -0.05) is 17.7 Å². The molecule has 0 saturated carbocycles. The molecule has 0 amide bonds. The minimum atomic E-state index is -1.68. The summed E-state index contributed by atoms with van der Waals surface area (Å²) in [6.45, 7) is 0. The number of rotatable bonds is 3. The smallest absolute Gasteiger partial charge is 0.334 e. The van der Waals surface area contributed by atoms with Gasteiger partial charge in [0.15, 0.2) is 6.10 Å². The Labute approximate surface area is 85.1 Å². The predicted octanol–water partition coefficient (Wildman–Crippen LogP) is 0.180. The molecule has 1 aromatic heterocycles. The molecule has 6 heteroatoms. The highest BCUT2D eigenvalue weighted by Crippen LogP contribution is 2.14. The van der Waals surface area contributed by atoms with Crippen LogP contribution in [0, 0.1) is 0 Å². The normalized spacial score (nSPS) is 14.8. The van der Waals surface area contributed by atoms with Gasteiger partial charge in [0.05, 0.1) is 11.7 Å². The van der Waals surface area contributed by atoms with E-state index in [9.17, 15) is 4.79 Å². The van der Waals surface area contributed by atoms with E-state index < -0.39 is 18.1 Å². The summed E-state index contributed by atoms with van der Waals surface area (Å²) in [5, 5.41) is 17.8. The first kappa shape index (κ1) is 10.9. The fourth-order valence-corrected chi connectivity index (χ4v) is 1.10. The topological polar surface area (TPSA) is 96.4 Å². The van der Waals surface area contributed by atoms with E-state index in [1.54, 1.807) is 6.07 Å². The van der Waals surface area contributed by atoms with Crippen molar-refractivity contribution in [3.8, 4) is 0 Å². The molecule has 1 heterocycles. The van der Waals surface area contributed by atoms with E-state index in [1.165, 1.54) is 12.1 Å². The van der Waals surface area contributed by atoms with Crippen molar-refractivity contribution in [3.05, 3.63) is 29.0 Å². The summed E-state index contributed by atoms with van der Waals surface area (Å²) in [6.07, 6.45) is -1.68. The third-order valence-electron chi connectivity index (χ3n) is 1.67. The van der Waals surface area contributed by atoms with Crippen LogP contribution in [0.4, 0.5) is 0 Å². The van der Waals surface area contributed by atoms with Gasteiger partial charge in [0, 0.05) is 0 Å². The van der Waals surface area contributed by atoms with Crippen molar-refractivity contribution >= 4 is 17.6 Å². The number of carboxylic acid groups (broad SMARTS) is 1. The molecule has 0 bridgehead atoms. The average molecular weight is 217 g/mol. The molecule has 0 saturated heterocycles. The maximum Gasteiger partial charge on any atom is 0.334 e. The van der Waals surface area contributed by atoms with Crippen molar-refractivity contribution in [1.82, 2.24) is 4.98 Å². The zero-order valence-electron chi connectivity index (χ0n) is 7.09. The summed E-state index contributed by atoms with van der Waals surface area (Å²) < 4.78 is 0. The summed E-state index contributed by atoms with van der Waals surface area (Å²) >= 11 is 5.58. The highest BCUT2D eigenvalue weighted by Gasteiger charge is 2.24. The number of hydrogen-bond donors (Lipinski definition) is 3. The van der Waals surface area contributed by atoms with Crippen LogP contribution in [-0.4, -0.2) is 27.3 Å². The molecular formula is C8H9ClN2O3. The second-order valence-electron chi connectivity index (χ2n) is 2.69. The van der Waals surface area contributed by atoms with Crippen LogP contribution < -0.4 is 5.73 Å². The summed E-state index contributed by atoms with van der Waals surface area (Å²) in [4.78, 5) is 14.2. The number of aromatic nitrogens is 1. The van der Waals surface area contributed by atoms with Gasteiger partial charge in [-0.3, -0.25) is 0 Å². The Morgan fingerprint density at radius 1 is 1.57 bits per heavy atom. The molecule has 1 aromatic rings. The molecular weight excluding hydrogens is 208 g/mol. The first-order valence-electron chi connectivity index (χ1n) is 3.81. The lowest BCUT2D eigenvalue weighted by Gasteiger charge is -2.14. The molecule has 2 atom stereocenters. The van der Waals surface area contributed by atoms with E-state index in [4.69, 9.17) is 27.5 Å². The summed E-state index contributed by atoms with van der Waals surface area (Å²) in [6, 6.07) is 3.54. The van der Waals surface area contributed by atoms with Gasteiger partial charge in [-0.25, -0.2) is 9.78 Å². The van der Waals surface area contributed by atoms with Crippen LogP contribution in [0.5, 0.6) is 0 Å². The van der Waals surface area contributed by atoms with Crippen molar-refractivity contribution in [2.45, 2.75) is 12.1 Å². The lowest BCUT2D eigenvalue weighted by molar-refractivity contribution is -0.147. The Morgan fingerprint density at radius 2 is 2.21 bits per heavy atom. The summed E-state index contributed by atoms with van der Waals surface area (Å²) in [5.41, 5.74) is 5.70. The van der Waals surface area contributed by atoms with Gasteiger partial charge < -0.3 is 15.9 Å². The summed E-state index contributed by atoms with van der Waals surface area (Å²) in [7, 11) is 0. The number of hydrogen-bond acceptors (Lipinski definition) is 4. The van der Waals surface area contributed by atoms with E-state index in [1.807, 2.05) is 0 Å². The largest absolute Gasteiger partial charge is 0.479 e. The SMILES string of the molecule is N[C@H](c1cccc(Cl)n1)[C@H](O)C(=O)O. The van der Waals surface area contributed by atoms with Crippen molar-refractivity contribution < 1.29 is 15.0 Å². The standard InChI is InChI=1S/C8H9ClN2O3/c9-5-3-1-2-4(11-5)6(10)7(12)8(13)14/h1-3,6-7,12H,10H2,(H,13,14)/t6-,7+/m1/s1. The van der Waals surface area contributed by atoms with Gasteiger partial charge in [0.25, 0.3) is 0 Å². The van der Waals surface area contributed by atoms with Gasteiger partial charge in [-0.2, -0.15) is 0 Å². The molecule has 0 aliphatic rings. The van der Waals surface area contributed by atoms with E-state index in [0.717, 1.165) is 0 Å². The maximum atomic E-state index is 10.4. The molecule has 0 aliphatic carbocycles. The number of nitrogens with zero attached hydrogens (tertiary/aromatic N) is 1. The average Bonchev–Trinajstić information content (AvgIpc) is 2.15. The van der Waals surface area contributed by atoms with Crippen molar-refractivity contribution in [2.75, 3.05) is 0 Å². The van der Waals surface area contributed by atoms with Gasteiger partial charge >= 0.3 is 5.97 Å². The minimum absolute atomic E-state index is 0.204. The molecule has 1 rings (SSSR count). The predicted molar refractivity (Wildman–Crippen MR) is 49.8 cm³/mol. The molecule has 76 valence electrons. The van der Waals surface area contributed by atoms with Crippen LogP contribution in [0.1, 0.15) is 11.7 Å².